The van der Waals surface area contributed by atoms with Crippen molar-refractivity contribution in [1.29, 1.82) is 0 Å². The van der Waals surface area contributed by atoms with Crippen molar-refractivity contribution < 1.29 is 14.0 Å². The number of hydrogen-bond acceptors (Lipinski definition) is 5. The first-order valence-electron chi connectivity index (χ1n) is 11.3. The molecule has 6 nitrogen and oxygen atoms in total. The Kier molecular flexibility index (Phi) is 8.50. The zero-order valence-electron chi connectivity index (χ0n) is 20.0. The monoisotopic (exact) mass is 482 g/mol. The Morgan fingerprint density at radius 3 is 2.35 bits per heavy atom. The molecule has 0 fully saturated rings. The number of nitrogens with zero attached hydrogens (tertiary/aromatic N) is 2. The van der Waals surface area contributed by atoms with Gasteiger partial charge in [-0.15, -0.1) is 10.2 Å². The van der Waals surface area contributed by atoms with Crippen molar-refractivity contribution in [3.05, 3.63) is 66.0 Å². The Labute approximate surface area is 204 Å². The second-order valence-electron chi connectivity index (χ2n) is 9.79. The van der Waals surface area contributed by atoms with Crippen LogP contribution in [0.5, 0.6) is 0 Å². The van der Waals surface area contributed by atoms with E-state index in [2.05, 4.69) is 48.5 Å². The van der Waals surface area contributed by atoms with Crippen LogP contribution in [0.3, 0.4) is 0 Å². The van der Waals surface area contributed by atoms with Gasteiger partial charge in [-0.25, -0.2) is 4.39 Å². The number of anilines is 1. The molecule has 0 saturated carbocycles. The van der Waals surface area contributed by atoms with E-state index in [1.54, 1.807) is 12.1 Å². The van der Waals surface area contributed by atoms with Gasteiger partial charge in [-0.2, -0.15) is 0 Å². The van der Waals surface area contributed by atoms with E-state index in [0.717, 1.165) is 12.0 Å². The molecule has 0 aliphatic carbocycles. The van der Waals surface area contributed by atoms with Crippen molar-refractivity contribution in [3.63, 3.8) is 0 Å². The maximum absolute atomic E-state index is 13.2. The van der Waals surface area contributed by atoms with E-state index in [1.165, 1.54) is 23.5 Å². The van der Waals surface area contributed by atoms with Gasteiger partial charge in [0, 0.05) is 18.4 Å². The molecule has 0 saturated heterocycles. The lowest BCUT2D eigenvalue weighted by molar-refractivity contribution is -0.127. The van der Waals surface area contributed by atoms with Crippen LogP contribution >= 0.6 is 11.3 Å². The standard InChI is InChI=1S/C26H31FN4O2S/c1-17(16-26(2,3)4)14-22(32)28-21(15-18-8-6-5-7-9-18)23(33)29-25-31-30-24(34-25)19-10-12-20(27)13-11-19/h5-13,17,21H,14-16H2,1-4H3,(H,28,32)(H,29,31,33)/t17-,21+/m0/s1. The summed E-state index contributed by atoms with van der Waals surface area (Å²) in [7, 11) is 0. The predicted octanol–water partition coefficient (Wildman–Crippen LogP) is 5.47. The Hall–Kier alpha value is -3.13. The van der Waals surface area contributed by atoms with Crippen LogP contribution in [0.25, 0.3) is 10.6 Å². The summed E-state index contributed by atoms with van der Waals surface area (Å²) in [6.45, 7) is 8.50. The number of carbonyl (C=O) groups is 2. The van der Waals surface area contributed by atoms with E-state index >= 15 is 0 Å². The summed E-state index contributed by atoms with van der Waals surface area (Å²) >= 11 is 1.19. The van der Waals surface area contributed by atoms with Crippen LogP contribution in [-0.4, -0.2) is 28.1 Å². The van der Waals surface area contributed by atoms with Crippen LogP contribution in [0, 0.1) is 17.2 Å². The summed E-state index contributed by atoms with van der Waals surface area (Å²) in [5.41, 5.74) is 1.77. The average Bonchev–Trinajstić information content (AvgIpc) is 3.21. The topological polar surface area (TPSA) is 84.0 Å². The highest BCUT2D eigenvalue weighted by Crippen LogP contribution is 2.27. The lowest BCUT2D eigenvalue weighted by atomic mass is 9.84. The zero-order chi connectivity index (χ0) is 24.7. The summed E-state index contributed by atoms with van der Waals surface area (Å²) in [5.74, 6) is -0.653. The Morgan fingerprint density at radius 1 is 1.03 bits per heavy atom. The fourth-order valence-corrected chi connectivity index (χ4v) is 4.67. The highest BCUT2D eigenvalue weighted by atomic mass is 32.1. The zero-order valence-corrected chi connectivity index (χ0v) is 20.8. The summed E-state index contributed by atoms with van der Waals surface area (Å²) < 4.78 is 13.2. The molecule has 180 valence electrons. The van der Waals surface area contributed by atoms with Gasteiger partial charge in [-0.05, 0) is 47.6 Å². The summed E-state index contributed by atoms with van der Waals surface area (Å²) in [6, 6.07) is 14.7. The van der Waals surface area contributed by atoms with Crippen molar-refractivity contribution in [2.75, 3.05) is 5.32 Å². The number of hydrogen-bond donors (Lipinski definition) is 2. The fourth-order valence-electron chi connectivity index (χ4n) is 3.92. The van der Waals surface area contributed by atoms with Crippen molar-refractivity contribution in [2.45, 2.75) is 53.0 Å². The third kappa shape index (κ3) is 8.02. The van der Waals surface area contributed by atoms with Gasteiger partial charge in [0.2, 0.25) is 16.9 Å². The Bertz CT molecular complexity index is 1090. The molecule has 2 amide bonds. The van der Waals surface area contributed by atoms with Crippen LogP contribution < -0.4 is 10.6 Å². The Balaban J connectivity index is 1.69. The lowest BCUT2D eigenvalue weighted by Gasteiger charge is -2.24. The first kappa shape index (κ1) is 25.5. The van der Waals surface area contributed by atoms with E-state index in [9.17, 15) is 14.0 Å². The minimum atomic E-state index is -0.755. The van der Waals surface area contributed by atoms with E-state index in [0.29, 0.717) is 28.5 Å². The third-order valence-electron chi connectivity index (χ3n) is 5.18. The number of carbonyl (C=O) groups excluding carboxylic acids is 2. The van der Waals surface area contributed by atoms with Gasteiger partial charge in [-0.3, -0.25) is 14.9 Å². The first-order chi connectivity index (χ1) is 16.1. The number of rotatable bonds is 9. The maximum Gasteiger partial charge on any atom is 0.249 e. The smallest absolute Gasteiger partial charge is 0.249 e. The lowest BCUT2D eigenvalue weighted by Crippen LogP contribution is -2.45. The molecule has 0 spiro atoms. The molecule has 3 rings (SSSR count). The summed E-state index contributed by atoms with van der Waals surface area (Å²) in [4.78, 5) is 25.9. The molecule has 0 unspecified atom stereocenters. The quantitative estimate of drug-likeness (QED) is 0.423. The number of aromatic nitrogens is 2. The molecule has 0 radical (unpaired) electrons. The maximum atomic E-state index is 13.2. The third-order valence-corrected chi connectivity index (χ3v) is 6.06. The van der Waals surface area contributed by atoms with Crippen molar-refractivity contribution in [2.24, 2.45) is 11.3 Å². The Morgan fingerprint density at radius 2 is 1.71 bits per heavy atom. The highest BCUT2D eigenvalue weighted by Gasteiger charge is 2.25. The summed E-state index contributed by atoms with van der Waals surface area (Å²) in [6.07, 6.45) is 1.62. The molecule has 2 atom stereocenters. The van der Waals surface area contributed by atoms with E-state index in [-0.39, 0.29) is 29.0 Å². The van der Waals surface area contributed by atoms with Crippen LogP contribution in [-0.2, 0) is 16.0 Å². The molecular formula is C26H31FN4O2S. The molecule has 8 heteroatoms. The number of halogens is 1. The molecule has 3 aromatic rings. The fraction of sp³-hybridized carbons (Fsp3) is 0.385. The molecule has 1 aromatic heterocycles. The summed E-state index contributed by atoms with van der Waals surface area (Å²) in [5, 5.41) is 14.7. The molecule has 0 aliphatic heterocycles. The number of nitrogens with one attached hydrogen (secondary N) is 2. The van der Waals surface area contributed by atoms with Gasteiger partial charge >= 0.3 is 0 Å². The van der Waals surface area contributed by atoms with Crippen LogP contribution in [0.15, 0.2) is 54.6 Å². The molecule has 0 aliphatic rings. The molecular weight excluding hydrogens is 451 g/mol. The van der Waals surface area contributed by atoms with Crippen LogP contribution in [0.4, 0.5) is 9.52 Å². The van der Waals surface area contributed by atoms with Gasteiger partial charge in [0.25, 0.3) is 0 Å². The SMILES string of the molecule is C[C@@H](CC(=O)N[C@H](Cc1ccccc1)C(=O)Nc1nnc(-c2ccc(F)cc2)s1)CC(C)(C)C. The predicted molar refractivity (Wildman–Crippen MR) is 134 cm³/mol. The molecule has 1 heterocycles. The highest BCUT2D eigenvalue weighted by molar-refractivity contribution is 7.18. The van der Waals surface area contributed by atoms with Crippen molar-refractivity contribution >= 4 is 28.3 Å². The molecule has 0 bridgehead atoms. The van der Waals surface area contributed by atoms with Gasteiger partial charge < -0.3 is 5.32 Å². The van der Waals surface area contributed by atoms with Crippen LogP contribution in [0.1, 0.15) is 46.1 Å². The normalized spacial score (nSPS) is 13.2. The number of amides is 2. The van der Waals surface area contributed by atoms with Gasteiger partial charge in [0.15, 0.2) is 0 Å². The largest absolute Gasteiger partial charge is 0.344 e. The van der Waals surface area contributed by atoms with Gasteiger partial charge in [0.1, 0.15) is 16.9 Å². The van der Waals surface area contributed by atoms with Gasteiger partial charge in [-0.1, -0.05) is 69.4 Å². The average molecular weight is 483 g/mol. The second kappa shape index (κ2) is 11.3. The van der Waals surface area contributed by atoms with Crippen molar-refractivity contribution in [1.82, 2.24) is 15.5 Å². The van der Waals surface area contributed by atoms with Gasteiger partial charge in [0.05, 0.1) is 0 Å². The first-order valence-corrected chi connectivity index (χ1v) is 12.1. The van der Waals surface area contributed by atoms with E-state index in [4.69, 9.17) is 0 Å². The minimum absolute atomic E-state index is 0.126. The van der Waals surface area contributed by atoms with Crippen LogP contribution in [0.2, 0.25) is 0 Å². The van der Waals surface area contributed by atoms with E-state index in [1.807, 2.05) is 30.3 Å². The number of benzene rings is 2. The van der Waals surface area contributed by atoms with E-state index < -0.39 is 6.04 Å². The molecule has 34 heavy (non-hydrogen) atoms. The molecule has 2 N–H and O–H groups in total. The van der Waals surface area contributed by atoms with Crippen molar-refractivity contribution in [3.8, 4) is 10.6 Å². The minimum Gasteiger partial charge on any atom is -0.344 e. The molecule has 2 aromatic carbocycles. The second-order valence-corrected chi connectivity index (χ2v) is 10.8.